The highest BCUT2D eigenvalue weighted by Crippen LogP contribution is 2.53. The van der Waals surface area contributed by atoms with Gasteiger partial charge in [0.1, 0.15) is 18.1 Å². The van der Waals surface area contributed by atoms with Crippen LogP contribution >= 0.6 is 0 Å². The number of hydrogen-bond acceptors (Lipinski definition) is 5. The SMILES string of the molecule is Cc1c(F)c2c(c(C)c1-c1cccc(COc3ccc4c(c3)OCC4CC(=O)O)c1)C(=O)C1(CC1)O2. The van der Waals surface area contributed by atoms with Crippen molar-refractivity contribution in [3.05, 3.63) is 76.1 Å². The van der Waals surface area contributed by atoms with E-state index in [0.717, 1.165) is 22.3 Å². The predicted octanol–water partition coefficient (Wildman–Crippen LogP) is 5.75. The average Bonchev–Trinajstić information content (AvgIpc) is 3.45. The van der Waals surface area contributed by atoms with Crippen molar-refractivity contribution in [1.29, 1.82) is 0 Å². The normalized spacial score (nSPS) is 18.4. The lowest BCUT2D eigenvalue weighted by molar-refractivity contribution is -0.137. The molecule has 0 amide bonds. The number of carboxylic acids is 1. The van der Waals surface area contributed by atoms with Crippen LogP contribution in [-0.2, 0) is 11.4 Å². The van der Waals surface area contributed by atoms with Crippen LogP contribution in [0.5, 0.6) is 17.2 Å². The van der Waals surface area contributed by atoms with Gasteiger partial charge in [-0.3, -0.25) is 9.59 Å². The van der Waals surface area contributed by atoms with Gasteiger partial charge in [-0.2, -0.15) is 0 Å². The van der Waals surface area contributed by atoms with Gasteiger partial charge in [-0.1, -0.05) is 24.3 Å². The summed E-state index contributed by atoms with van der Waals surface area (Å²) in [5, 5.41) is 9.08. The van der Waals surface area contributed by atoms with Crippen LogP contribution < -0.4 is 14.2 Å². The lowest BCUT2D eigenvalue weighted by atomic mass is 9.89. The monoisotopic (exact) mass is 488 g/mol. The summed E-state index contributed by atoms with van der Waals surface area (Å²) in [7, 11) is 0. The molecule has 36 heavy (non-hydrogen) atoms. The van der Waals surface area contributed by atoms with Crippen molar-refractivity contribution in [3.63, 3.8) is 0 Å². The second-order valence-corrected chi connectivity index (χ2v) is 9.86. The van der Waals surface area contributed by atoms with Gasteiger partial charge in [0.25, 0.3) is 0 Å². The number of aliphatic carboxylic acids is 1. The molecule has 0 radical (unpaired) electrons. The number of fused-ring (bicyclic) bond motifs is 2. The largest absolute Gasteiger partial charge is 0.492 e. The zero-order valence-electron chi connectivity index (χ0n) is 20.0. The van der Waals surface area contributed by atoms with E-state index >= 15 is 4.39 Å². The number of carbonyl (C=O) groups is 2. The van der Waals surface area contributed by atoms with Crippen LogP contribution in [0.25, 0.3) is 11.1 Å². The van der Waals surface area contributed by atoms with Crippen molar-refractivity contribution < 1.29 is 33.3 Å². The van der Waals surface area contributed by atoms with Crippen LogP contribution in [0, 0.1) is 19.7 Å². The molecule has 1 unspecified atom stereocenters. The molecule has 1 fully saturated rings. The van der Waals surface area contributed by atoms with Crippen LogP contribution in [-0.4, -0.2) is 29.1 Å². The Hall–Kier alpha value is -3.87. The standard InChI is InChI=1S/C29H25FO6/c1-15-24(16(2)26(30)27-25(15)28(33)29(36-27)8-9-29)18-5-3-4-17(10-18)13-34-20-6-7-21-19(11-23(31)32)14-35-22(21)12-20/h3-7,10,12,19H,8-9,11,13-14H2,1-2H3,(H,31,32). The lowest BCUT2D eigenvalue weighted by Crippen LogP contribution is -2.22. The van der Waals surface area contributed by atoms with Gasteiger partial charge in [0.2, 0.25) is 5.78 Å². The highest BCUT2D eigenvalue weighted by Gasteiger charge is 2.59. The molecule has 1 atom stereocenters. The number of ketones is 1. The van der Waals surface area contributed by atoms with Gasteiger partial charge >= 0.3 is 5.97 Å². The Balaban J connectivity index is 1.25. The summed E-state index contributed by atoms with van der Waals surface area (Å²) in [5.74, 6) is -0.233. The summed E-state index contributed by atoms with van der Waals surface area (Å²) in [5.41, 5.74) is 4.00. The number of halogens is 1. The third-order valence-electron chi connectivity index (χ3n) is 7.43. The molecular weight excluding hydrogens is 463 g/mol. The molecule has 3 aliphatic rings. The molecule has 1 N–H and O–H groups in total. The van der Waals surface area contributed by atoms with E-state index in [4.69, 9.17) is 19.3 Å². The molecule has 0 bridgehead atoms. The van der Waals surface area contributed by atoms with Gasteiger partial charge in [0.05, 0.1) is 18.6 Å². The Morgan fingerprint density at radius 1 is 1.14 bits per heavy atom. The summed E-state index contributed by atoms with van der Waals surface area (Å²) in [6, 6.07) is 13.1. The van der Waals surface area contributed by atoms with Gasteiger partial charge in [0, 0.05) is 17.5 Å². The Labute approximate surface area is 207 Å². The molecule has 1 saturated carbocycles. The fourth-order valence-corrected chi connectivity index (χ4v) is 5.39. The maximum absolute atomic E-state index is 15.3. The first-order chi connectivity index (χ1) is 17.3. The molecule has 3 aromatic rings. The molecule has 7 heteroatoms. The molecule has 1 aliphatic carbocycles. The summed E-state index contributed by atoms with van der Waals surface area (Å²) in [4.78, 5) is 24.0. The maximum atomic E-state index is 15.3. The third kappa shape index (κ3) is 3.53. The van der Waals surface area contributed by atoms with E-state index in [9.17, 15) is 9.59 Å². The van der Waals surface area contributed by atoms with Crippen LogP contribution in [0.1, 0.15) is 57.8 Å². The Morgan fingerprint density at radius 2 is 1.94 bits per heavy atom. The summed E-state index contributed by atoms with van der Waals surface area (Å²) < 4.78 is 32.7. The Bertz CT molecular complexity index is 1440. The third-order valence-corrected chi connectivity index (χ3v) is 7.43. The van der Waals surface area contributed by atoms with Gasteiger partial charge < -0.3 is 19.3 Å². The van der Waals surface area contributed by atoms with Crippen LogP contribution in [0.3, 0.4) is 0 Å². The van der Waals surface area contributed by atoms with Gasteiger partial charge in [0.15, 0.2) is 17.2 Å². The Morgan fingerprint density at radius 3 is 2.69 bits per heavy atom. The lowest BCUT2D eigenvalue weighted by Gasteiger charge is -2.16. The van der Waals surface area contributed by atoms with E-state index in [1.54, 1.807) is 13.0 Å². The molecule has 2 aliphatic heterocycles. The summed E-state index contributed by atoms with van der Waals surface area (Å²) in [6.45, 7) is 4.20. The van der Waals surface area contributed by atoms with E-state index < -0.39 is 17.4 Å². The van der Waals surface area contributed by atoms with E-state index in [1.165, 1.54) is 0 Å². The van der Waals surface area contributed by atoms with Crippen molar-refractivity contribution in [3.8, 4) is 28.4 Å². The summed E-state index contributed by atoms with van der Waals surface area (Å²) >= 11 is 0. The number of rotatable bonds is 6. The number of benzene rings is 3. The molecule has 0 saturated heterocycles. The van der Waals surface area contributed by atoms with Crippen LogP contribution in [0.4, 0.5) is 4.39 Å². The molecule has 0 aromatic heterocycles. The highest BCUT2D eigenvalue weighted by molar-refractivity contribution is 6.11. The number of hydrogen-bond donors (Lipinski definition) is 1. The van der Waals surface area contributed by atoms with E-state index in [0.29, 0.717) is 47.6 Å². The van der Waals surface area contributed by atoms with Gasteiger partial charge in [-0.15, -0.1) is 0 Å². The van der Waals surface area contributed by atoms with Crippen molar-refractivity contribution in [2.75, 3.05) is 6.61 Å². The maximum Gasteiger partial charge on any atom is 0.304 e. The van der Waals surface area contributed by atoms with Gasteiger partial charge in [-0.05, 0) is 66.6 Å². The van der Waals surface area contributed by atoms with Gasteiger partial charge in [-0.25, -0.2) is 4.39 Å². The van der Waals surface area contributed by atoms with Crippen molar-refractivity contribution in [2.45, 2.75) is 51.2 Å². The van der Waals surface area contributed by atoms with E-state index in [-0.39, 0.29) is 30.5 Å². The highest BCUT2D eigenvalue weighted by atomic mass is 19.1. The zero-order chi connectivity index (χ0) is 25.2. The summed E-state index contributed by atoms with van der Waals surface area (Å²) in [6.07, 6.45) is 1.30. The number of carboxylic acid groups (broad SMARTS) is 1. The molecule has 3 aromatic carbocycles. The molecular formula is C29H25FO6. The fraction of sp³-hybridized carbons (Fsp3) is 0.310. The van der Waals surface area contributed by atoms with Crippen molar-refractivity contribution in [2.24, 2.45) is 0 Å². The second kappa shape index (κ2) is 8.08. The molecule has 6 rings (SSSR count). The Kier molecular flexibility index (Phi) is 5.07. The molecule has 6 nitrogen and oxygen atoms in total. The van der Waals surface area contributed by atoms with Crippen LogP contribution in [0.2, 0.25) is 0 Å². The van der Waals surface area contributed by atoms with E-state index in [1.807, 2.05) is 43.3 Å². The first-order valence-electron chi connectivity index (χ1n) is 12.0. The average molecular weight is 489 g/mol. The second-order valence-electron chi connectivity index (χ2n) is 9.86. The first kappa shape index (κ1) is 22.6. The van der Waals surface area contributed by atoms with E-state index in [2.05, 4.69) is 0 Å². The van der Waals surface area contributed by atoms with Crippen molar-refractivity contribution in [1.82, 2.24) is 0 Å². The first-order valence-corrected chi connectivity index (χ1v) is 12.0. The quantitative estimate of drug-likeness (QED) is 0.476. The predicted molar refractivity (Wildman–Crippen MR) is 129 cm³/mol. The topological polar surface area (TPSA) is 82.1 Å². The molecule has 184 valence electrons. The molecule has 2 heterocycles. The van der Waals surface area contributed by atoms with Crippen LogP contribution in [0.15, 0.2) is 42.5 Å². The minimum Gasteiger partial charge on any atom is -0.492 e. The smallest absolute Gasteiger partial charge is 0.304 e. The minimum atomic E-state index is -0.852. The van der Waals surface area contributed by atoms with Crippen molar-refractivity contribution >= 4 is 11.8 Å². The number of carbonyl (C=O) groups excluding carboxylic acids is 1. The zero-order valence-corrected chi connectivity index (χ0v) is 20.0. The fourth-order valence-electron chi connectivity index (χ4n) is 5.39. The number of Topliss-reactive ketones (excluding diaryl/α,β-unsaturated/α-hetero) is 1. The minimum absolute atomic E-state index is 0.0286. The molecule has 1 spiro atoms. The number of ether oxygens (including phenoxy) is 3.